The molecule has 3 unspecified atom stereocenters. The Morgan fingerprint density at radius 3 is 2.86 bits per heavy atom. The van der Waals surface area contributed by atoms with Crippen molar-refractivity contribution >= 4 is 17.9 Å². The van der Waals surface area contributed by atoms with E-state index in [0.29, 0.717) is 55.5 Å². The minimum absolute atomic E-state index is 0.0508. The zero-order valence-corrected chi connectivity index (χ0v) is 19.5. The van der Waals surface area contributed by atoms with E-state index in [1.165, 1.54) is 0 Å². The molecule has 11 heteroatoms. The summed E-state index contributed by atoms with van der Waals surface area (Å²) in [5.41, 5.74) is 0.894. The number of epoxide rings is 1. The third-order valence-electron chi connectivity index (χ3n) is 6.98. The Balaban J connectivity index is 1.31. The molecule has 0 bridgehead atoms. The lowest BCUT2D eigenvalue weighted by atomic mass is 9.91. The highest BCUT2D eigenvalue weighted by molar-refractivity contribution is 5.99. The predicted octanol–water partition coefficient (Wildman–Crippen LogP) is 1.06. The number of nitrogens with zero attached hydrogens (tertiary/aromatic N) is 2. The number of hydrogen-bond donors (Lipinski definition) is 2. The van der Waals surface area contributed by atoms with Crippen molar-refractivity contribution in [3.05, 3.63) is 52.5 Å². The number of methoxy groups -OCH3 is 1. The van der Waals surface area contributed by atoms with Gasteiger partial charge in [-0.05, 0) is 30.7 Å². The van der Waals surface area contributed by atoms with E-state index in [-0.39, 0.29) is 30.7 Å². The number of furan rings is 1. The number of fused-ring (bicyclic) bond motifs is 3. The van der Waals surface area contributed by atoms with Crippen LogP contribution in [0.4, 0.5) is 4.79 Å². The van der Waals surface area contributed by atoms with Crippen LogP contribution in [-0.2, 0) is 39.3 Å². The minimum Gasteiger partial charge on any atom is -0.497 e. The van der Waals surface area contributed by atoms with Crippen LogP contribution in [-0.4, -0.2) is 67.0 Å². The van der Waals surface area contributed by atoms with E-state index in [1.54, 1.807) is 36.0 Å². The number of amides is 3. The average molecular weight is 482 g/mol. The molecule has 0 spiro atoms. The first kappa shape index (κ1) is 21.9. The van der Waals surface area contributed by atoms with E-state index in [2.05, 4.69) is 10.6 Å². The lowest BCUT2D eigenvalue weighted by molar-refractivity contribution is -0.131. The van der Waals surface area contributed by atoms with Gasteiger partial charge in [-0.15, -0.1) is 0 Å². The van der Waals surface area contributed by atoms with Crippen molar-refractivity contribution in [2.75, 3.05) is 26.8 Å². The fourth-order valence-electron chi connectivity index (χ4n) is 5.07. The third kappa shape index (κ3) is 3.53. The number of carbonyl (C=O) groups excluding carboxylic acids is 3. The Kier molecular flexibility index (Phi) is 5.01. The van der Waals surface area contributed by atoms with Gasteiger partial charge in [-0.25, -0.2) is 4.79 Å². The topological polar surface area (TPSA) is 126 Å². The van der Waals surface area contributed by atoms with Crippen LogP contribution < -0.4 is 15.4 Å². The molecule has 5 heterocycles. The maximum Gasteiger partial charge on any atom is 0.410 e. The van der Waals surface area contributed by atoms with E-state index in [0.717, 1.165) is 11.1 Å². The molecule has 11 nitrogen and oxygen atoms in total. The number of hydrogen-bond acceptors (Lipinski definition) is 8. The molecule has 0 aliphatic carbocycles. The molecule has 4 aliphatic heterocycles. The molecular formula is C24H26N4O7. The summed E-state index contributed by atoms with van der Waals surface area (Å²) in [5.74, 6) is 1.19. The van der Waals surface area contributed by atoms with E-state index < -0.39 is 11.8 Å². The number of rotatable bonds is 5. The lowest BCUT2D eigenvalue weighted by Crippen LogP contribution is -2.65. The smallest absolute Gasteiger partial charge is 0.410 e. The van der Waals surface area contributed by atoms with Gasteiger partial charge in [-0.1, -0.05) is 6.07 Å². The molecule has 184 valence electrons. The van der Waals surface area contributed by atoms with Gasteiger partial charge in [0.15, 0.2) is 18.0 Å². The second-order valence-electron chi connectivity index (χ2n) is 9.11. The van der Waals surface area contributed by atoms with Gasteiger partial charge in [0.05, 0.1) is 26.8 Å². The second-order valence-corrected chi connectivity index (χ2v) is 9.11. The summed E-state index contributed by atoms with van der Waals surface area (Å²) in [4.78, 5) is 42.2. The molecule has 2 N–H and O–H groups in total. The van der Waals surface area contributed by atoms with Crippen molar-refractivity contribution < 1.29 is 33.0 Å². The molecule has 1 aromatic heterocycles. The van der Waals surface area contributed by atoms with Gasteiger partial charge in [-0.3, -0.25) is 14.9 Å². The first-order chi connectivity index (χ1) is 16.9. The third-order valence-corrected chi connectivity index (χ3v) is 6.98. The molecule has 6 rings (SSSR count). The zero-order chi connectivity index (χ0) is 24.3. The molecular weight excluding hydrogens is 456 g/mol. The van der Waals surface area contributed by atoms with Gasteiger partial charge in [0.25, 0.3) is 11.8 Å². The quantitative estimate of drug-likeness (QED) is 0.606. The summed E-state index contributed by atoms with van der Waals surface area (Å²) in [6.07, 6.45) is -0.641. The summed E-state index contributed by atoms with van der Waals surface area (Å²) in [5, 5.41) is 6.15. The summed E-state index contributed by atoms with van der Waals surface area (Å²) in [7, 11) is 1.55. The minimum atomic E-state index is -1.34. The van der Waals surface area contributed by atoms with Crippen LogP contribution in [0.25, 0.3) is 0 Å². The van der Waals surface area contributed by atoms with E-state index >= 15 is 0 Å². The Bertz CT molecular complexity index is 1230. The van der Waals surface area contributed by atoms with Crippen LogP contribution in [0.2, 0.25) is 0 Å². The number of nitrogens with one attached hydrogen (secondary N) is 2. The molecule has 35 heavy (non-hydrogen) atoms. The largest absolute Gasteiger partial charge is 0.497 e. The zero-order valence-electron chi connectivity index (χ0n) is 19.5. The molecule has 0 radical (unpaired) electrons. The van der Waals surface area contributed by atoms with Gasteiger partial charge >= 0.3 is 6.09 Å². The Hall–Kier alpha value is -3.57. The van der Waals surface area contributed by atoms with Crippen molar-refractivity contribution in [3.63, 3.8) is 0 Å². The highest BCUT2D eigenvalue weighted by atomic mass is 16.6. The maximum absolute atomic E-state index is 13.4. The van der Waals surface area contributed by atoms with Crippen LogP contribution >= 0.6 is 0 Å². The lowest BCUT2D eigenvalue weighted by Gasteiger charge is -2.36. The number of piperazine rings is 1. The predicted molar refractivity (Wildman–Crippen MR) is 119 cm³/mol. The fourth-order valence-corrected chi connectivity index (χ4v) is 5.07. The van der Waals surface area contributed by atoms with E-state index in [1.807, 2.05) is 12.1 Å². The summed E-state index contributed by atoms with van der Waals surface area (Å²) < 4.78 is 22.1. The van der Waals surface area contributed by atoms with Crippen molar-refractivity contribution in [1.29, 1.82) is 0 Å². The van der Waals surface area contributed by atoms with E-state index in [9.17, 15) is 14.4 Å². The number of benzene rings is 1. The van der Waals surface area contributed by atoms with Crippen LogP contribution in [0.15, 0.2) is 28.7 Å². The number of carbonyl (C=O) groups is 3. The molecule has 3 atom stereocenters. The molecule has 4 aliphatic rings. The standard InChI is InChI=1S/C24H26N4O7/c1-3-33-23(31)27-7-6-17-14(11-27)8-18(34-17)24(22(30)25-19-20(26-24)35-19)12-28-10-13-4-5-15(32-2)9-16(13)21(28)29/h4-5,8-9,19-20,26H,3,6-7,10-12H2,1-2H3,(H,25,30). The van der Waals surface area contributed by atoms with Gasteiger partial charge in [0.1, 0.15) is 17.3 Å². The van der Waals surface area contributed by atoms with Crippen molar-refractivity contribution in [1.82, 2.24) is 20.4 Å². The Morgan fingerprint density at radius 1 is 1.20 bits per heavy atom. The molecule has 1 aromatic carbocycles. The van der Waals surface area contributed by atoms with Crippen LogP contribution in [0, 0.1) is 0 Å². The highest BCUT2D eigenvalue weighted by Crippen LogP contribution is 2.38. The molecule has 3 amide bonds. The Morgan fingerprint density at radius 2 is 2.06 bits per heavy atom. The molecule has 0 saturated carbocycles. The normalized spacial score (nSPS) is 26.6. The van der Waals surface area contributed by atoms with Crippen molar-refractivity contribution in [2.24, 2.45) is 0 Å². The second kappa shape index (κ2) is 7.99. The van der Waals surface area contributed by atoms with E-state index in [4.69, 9.17) is 18.6 Å². The molecule has 2 aromatic rings. The van der Waals surface area contributed by atoms with Crippen molar-refractivity contribution in [2.45, 2.75) is 44.4 Å². The fraction of sp³-hybridized carbons (Fsp3) is 0.458. The summed E-state index contributed by atoms with van der Waals surface area (Å²) in [6.45, 7) is 3.26. The van der Waals surface area contributed by atoms with Gasteiger partial charge in [0.2, 0.25) is 0 Å². The van der Waals surface area contributed by atoms with Gasteiger partial charge in [-0.2, -0.15) is 0 Å². The van der Waals surface area contributed by atoms with Crippen LogP contribution in [0.3, 0.4) is 0 Å². The van der Waals surface area contributed by atoms with Crippen molar-refractivity contribution in [3.8, 4) is 5.75 Å². The van der Waals surface area contributed by atoms with Crippen LogP contribution in [0.5, 0.6) is 5.75 Å². The first-order valence-corrected chi connectivity index (χ1v) is 11.7. The SMILES string of the molecule is CCOC(=O)N1CCc2oc(C3(CN4Cc5ccc(OC)cc5C4=O)NC4OC4NC3=O)cc2C1. The number of ether oxygens (including phenoxy) is 3. The Labute approximate surface area is 201 Å². The van der Waals surface area contributed by atoms with Gasteiger partial charge < -0.3 is 33.7 Å². The molecule has 2 fully saturated rings. The monoisotopic (exact) mass is 482 g/mol. The molecule has 2 saturated heterocycles. The maximum atomic E-state index is 13.4. The highest BCUT2D eigenvalue weighted by Gasteiger charge is 2.59. The van der Waals surface area contributed by atoms with Gasteiger partial charge in [0, 0.05) is 30.6 Å². The van der Waals surface area contributed by atoms with Crippen LogP contribution in [0.1, 0.15) is 39.9 Å². The average Bonchev–Trinajstić information content (AvgIpc) is 3.33. The summed E-state index contributed by atoms with van der Waals surface area (Å²) in [6, 6.07) is 7.19. The summed E-state index contributed by atoms with van der Waals surface area (Å²) >= 11 is 0. The first-order valence-electron chi connectivity index (χ1n) is 11.7.